The number of benzene rings is 1. The van der Waals surface area contributed by atoms with Crippen molar-refractivity contribution in [2.45, 2.75) is 44.7 Å². The zero-order chi connectivity index (χ0) is 14.3. The number of para-hydroxylation sites is 1. The largest absolute Gasteiger partial charge is 0.325 e. The number of nitrogens with zero attached hydrogens (tertiary/aromatic N) is 3. The number of aryl methyl sites for hydroxylation is 1. The third kappa shape index (κ3) is 2.57. The molecule has 1 aromatic heterocycles. The summed E-state index contributed by atoms with van der Waals surface area (Å²) >= 11 is 6.33. The highest BCUT2D eigenvalue weighted by atomic mass is 35.5. The van der Waals surface area contributed by atoms with Crippen molar-refractivity contribution in [3.8, 4) is 0 Å². The number of aromatic nitrogens is 2. The summed E-state index contributed by atoms with van der Waals surface area (Å²) < 4.78 is 2.31. The fourth-order valence-electron chi connectivity index (χ4n) is 2.87. The molecule has 0 N–H and O–H groups in total. The molecule has 2 aromatic rings. The Balaban J connectivity index is 1.95. The second-order valence-electron chi connectivity index (χ2n) is 5.89. The van der Waals surface area contributed by atoms with Crippen LogP contribution in [0.2, 0.25) is 0 Å². The monoisotopic (exact) mass is 291 g/mol. The average Bonchev–Trinajstić information content (AvgIpc) is 3.17. The summed E-state index contributed by atoms with van der Waals surface area (Å²) in [5.41, 5.74) is 3.56. The van der Waals surface area contributed by atoms with Gasteiger partial charge < -0.3 is 9.47 Å². The van der Waals surface area contributed by atoms with E-state index in [2.05, 4.69) is 41.6 Å². The lowest BCUT2D eigenvalue weighted by molar-refractivity contribution is 0.309. The van der Waals surface area contributed by atoms with Gasteiger partial charge in [0.2, 0.25) is 0 Å². The first kappa shape index (κ1) is 13.9. The molecule has 0 amide bonds. The van der Waals surface area contributed by atoms with Gasteiger partial charge in [-0.3, -0.25) is 0 Å². The van der Waals surface area contributed by atoms with Crippen molar-refractivity contribution in [1.82, 2.24) is 14.5 Å². The molecule has 1 heterocycles. The summed E-state index contributed by atoms with van der Waals surface area (Å²) in [5, 5.41) is -0.0620. The van der Waals surface area contributed by atoms with Gasteiger partial charge in [0.25, 0.3) is 0 Å². The van der Waals surface area contributed by atoms with Crippen molar-refractivity contribution >= 4 is 22.6 Å². The van der Waals surface area contributed by atoms with Gasteiger partial charge in [-0.15, -0.1) is 11.6 Å². The van der Waals surface area contributed by atoms with Gasteiger partial charge in [0.1, 0.15) is 5.82 Å². The molecule has 1 saturated carbocycles. The molecule has 0 aliphatic heterocycles. The van der Waals surface area contributed by atoms with E-state index in [-0.39, 0.29) is 5.38 Å². The van der Waals surface area contributed by atoms with E-state index in [0.29, 0.717) is 0 Å². The minimum absolute atomic E-state index is 0.0620. The van der Waals surface area contributed by atoms with Crippen LogP contribution in [0.15, 0.2) is 18.2 Å². The highest BCUT2D eigenvalue weighted by Gasteiger charge is 2.26. The highest BCUT2D eigenvalue weighted by Crippen LogP contribution is 2.28. The average molecular weight is 292 g/mol. The molecule has 1 aliphatic rings. The van der Waals surface area contributed by atoms with E-state index in [1.54, 1.807) is 0 Å². The van der Waals surface area contributed by atoms with Gasteiger partial charge in [0.05, 0.1) is 16.4 Å². The summed E-state index contributed by atoms with van der Waals surface area (Å²) in [7, 11) is 2.22. The molecule has 0 radical (unpaired) electrons. The van der Waals surface area contributed by atoms with Crippen LogP contribution in [-0.4, -0.2) is 34.1 Å². The number of hydrogen-bond acceptors (Lipinski definition) is 2. The molecule has 0 spiro atoms. The van der Waals surface area contributed by atoms with E-state index in [9.17, 15) is 0 Å². The zero-order valence-corrected chi connectivity index (χ0v) is 13.2. The molecule has 1 atom stereocenters. The third-order valence-electron chi connectivity index (χ3n) is 4.20. The second-order valence-corrected chi connectivity index (χ2v) is 6.55. The molecule has 1 unspecified atom stereocenters. The van der Waals surface area contributed by atoms with Gasteiger partial charge in [0, 0.05) is 19.1 Å². The minimum atomic E-state index is -0.0620. The van der Waals surface area contributed by atoms with Gasteiger partial charge in [-0.1, -0.05) is 12.1 Å². The van der Waals surface area contributed by atoms with Crippen molar-refractivity contribution in [2.75, 3.05) is 13.6 Å². The Morgan fingerprint density at radius 3 is 2.85 bits per heavy atom. The molecule has 1 aliphatic carbocycles. The van der Waals surface area contributed by atoms with Gasteiger partial charge in [-0.25, -0.2) is 4.98 Å². The number of fused-ring (bicyclic) bond motifs is 1. The Morgan fingerprint density at radius 2 is 2.20 bits per heavy atom. The molecular formula is C16H22ClN3. The lowest BCUT2D eigenvalue weighted by Crippen LogP contribution is -2.26. The number of rotatable bonds is 5. The van der Waals surface area contributed by atoms with Crippen molar-refractivity contribution in [1.29, 1.82) is 0 Å². The minimum Gasteiger partial charge on any atom is -0.325 e. The first-order chi connectivity index (χ1) is 9.58. The molecule has 1 aromatic carbocycles. The first-order valence-corrected chi connectivity index (χ1v) is 7.81. The van der Waals surface area contributed by atoms with Crippen molar-refractivity contribution < 1.29 is 0 Å². The fraction of sp³-hybridized carbons (Fsp3) is 0.562. The third-order valence-corrected chi connectivity index (χ3v) is 4.40. The SMILES string of the molecule is Cc1cccc2nc(C(C)Cl)n(CCN(C)C3CC3)c12. The van der Waals surface area contributed by atoms with Crippen LogP contribution in [0.1, 0.15) is 36.5 Å². The second kappa shape index (κ2) is 5.38. The normalized spacial score (nSPS) is 17.1. The Hall–Kier alpha value is -1.06. The van der Waals surface area contributed by atoms with Crippen molar-refractivity contribution in [3.63, 3.8) is 0 Å². The smallest absolute Gasteiger partial charge is 0.127 e. The molecule has 0 bridgehead atoms. The van der Waals surface area contributed by atoms with Crippen LogP contribution < -0.4 is 0 Å². The predicted octanol–water partition coefficient (Wildman–Crippen LogP) is 3.74. The molecular weight excluding hydrogens is 270 g/mol. The van der Waals surface area contributed by atoms with Crippen molar-refractivity contribution in [3.05, 3.63) is 29.6 Å². The Labute approximate surface area is 125 Å². The lowest BCUT2D eigenvalue weighted by Gasteiger charge is -2.18. The van der Waals surface area contributed by atoms with Crippen LogP contribution >= 0.6 is 11.6 Å². The summed E-state index contributed by atoms with van der Waals surface area (Å²) in [6, 6.07) is 7.08. The summed E-state index contributed by atoms with van der Waals surface area (Å²) in [5.74, 6) is 0.986. The van der Waals surface area contributed by atoms with E-state index >= 15 is 0 Å². The predicted molar refractivity (Wildman–Crippen MR) is 84.4 cm³/mol. The molecule has 108 valence electrons. The van der Waals surface area contributed by atoms with Crippen LogP contribution in [0.3, 0.4) is 0 Å². The standard InChI is InChI=1S/C16H22ClN3/c1-11-5-4-6-14-15(11)20(16(18-14)12(2)17)10-9-19(3)13-7-8-13/h4-6,12-13H,7-10H2,1-3H3. The molecule has 3 nitrogen and oxygen atoms in total. The highest BCUT2D eigenvalue weighted by molar-refractivity contribution is 6.20. The molecule has 4 heteroatoms. The molecule has 0 saturated heterocycles. The van der Waals surface area contributed by atoms with Crippen LogP contribution in [0.5, 0.6) is 0 Å². The van der Waals surface area contributed by atoms with E-state index in [1.807, 2.05) is 6.92 Å². The maximum absolute atomic E-state index is 6.33. The van der Waals surface area contributed by atoms with Crippen LogP contribution in [0.4, 0.5) is 0 Å². The maximum atomic E-state index is 6.33. The van der Waals surface area contributed by atoms with E-state index < -0.39 is 0 Å². The first-order valence-electron chi connectivity index (χ1n) is 7.38. The van der Waals surface area contributed by atoms with Crippen LogP contribution in [0, 0.1) is 6.92 Å². The van der Waals surface area contributed by atoms with Crippen molar-refractivity contribution in [2.24, 2.45) is 0 Å². The molecule has 20 heavy (non-hydrogen) atoms. The zero-order valence-electron chi connectivity index (χ0n) is 12.4. The number of halogens is 1. The number of hydrogen-bond donors (Lipinski definition) is 0. The Morgan fingerprint density at radius 1 is 1.45 bits per heavy atom. The van der Waals surface area contributed by atoms with E-state index in [4.69, 9.17) is 16.6 Å². The number of likely N-dealkylation sites (N-methyl/N-ethyl adjacent to an activating group) is 1. The maximum Gasteiger partial charge on any atom is 0.127 e. The summed E-state index contributed by atoms with van der Waals surface area (Å²) in [4.78, 5) is 7.18. The fourth-order valence-corrected chi connectivity index (χ4v) is 3.04. The van der Waals surface area contributed by atoms with E-state index in [1.165, 1.54) is 23.9 Å². The van der Waals surface area contributed by atoms with Gasteiger partial charge in [-0.05, 0) is 45.4 Å². The number of alkyl halides is 1. The Bertz CT molecular complexity index is 613. The van der Waals surface area contributed by atoms with Gasteiger partial charge >= 0.3 is 0 Å². The van der Waals surface area contributed by atoms with Gasteiger partial charge in [-0.2, -0.15) is 0 Å². The molecule has 1 fully saturated rings. The topological polar surface area (TPSA) is 21.1 Å². The molecule has 3 rings (SSSR count). The lowest BCUT2D eigenvalue weighted by atomic mass is 10.2. The van der Waals surface area contributed by atoms with Crippen LogP contribution in [0.25, 0.3) is 11.0 Å². The quantitative estimate of drug-likeness (QED) is 0.783. The summed E-state index contributed by atoms with van der Waals surface area (Å²) in [6.45, 7) is 6.16. The van der Waals surface area contributed by atoms with Gasteiger partial charge in [0.15, 0.2) is 0 Å². The summed E-state index contributed by atoms with van der Waals surface area (Å²) in [6.07, 6.45) is 2.69. The van der Waals surface area contributed by atoms with Crippen LogP contribution in [-0.2, 0) is 6.54 Å². The van der Waals surface area contributed by atoms with E-state index in [0.717, 1.165) is 30.5 Å². The Kier molecular flexibility index (Phi) is 3.74. The number of imidazole rings is 1.